The summed E-state index contributed by atoms with van der Waals surface area (Å²) >= 11 is 0. The molecule has 1 amide bonds. The Hall–Kier alpha value is -2.01. The van der Waals surface area contributed by atoms with Crippen molar-refractivity contribution in [1.82, 2.24) is 4.90 Å². The number of fused-ring (bicyclic) bond motifs is 1. The van der Waals surface area contributed by atoms with Crippen LogP contribution in [0.5, 0.6) is 0 Å². The van der Waals surface area contributed by atoms with E-state index in [-0.39, 0.29) is 17.8 Å². The summed E-state index contributed by atoms with van der Waals surface area (Å²) in [6.45, 7) is 3.49. The van der Waals surface area contributed by atoms with Crippen molar-refractivity contribution in [3.63, 3.8) is 0 Å². The predicted octanol–water partition coefficient (Wildman–Crippen LogP) is 1.45. The number of carbonyl (C=O) groups is 2. The quantitative estimate of drug-likeness (QED) is 0.727. The highest BCUT2D eigenvalue weighted by molar-refractivity contribution is 6.23. The molecule has 0 bridgehead atoms. The van der Waals surface area contributed by atoms with Crippen molar-refractivity contribution in [2.45, 2.75) is 13.0 Å². The first-order valence-electron chi connectivity index (χ1n) is 6.74. The Balaban J connectivity index is 1.82. The van der Waals surface area contributed by atoms with Crippen molar-refractivity contribution < 1.29 is 14.3 Å². The molecule has 0 saturated carbocycles. The molecule has 2 heterocycles. The lowest BCUT2D eigenvalue weighted by molar-refractivity contribution is -0.138. The fourth-order valence-corrected chi connectivity index (χ4v) is 2.58. The summed E-state index contributed by atoms with van der Waals surface area (Å²) in [7, 11) is 0. The summed E-state index contributed by atoms with van der Waals surface area (Å²) in [6, 6.07) is 7.11. The van der Waals surface area contributed by atoms with E-state index in [4.69, 9.17) is 4.74 Å². The number of rotatable bonds is 1. The first kappa shape index (κ1) is 13.0. The van der Waals surface area contributed by atoms with E-state index in [1.165, 1.54) is 6.21 Å². The van der Waals surface area contributed by atoms with Crippen molar-refractivity contribution in [3.05, 3.63) is 29.8 Å². The highest BCUT2D eigenvalue weighted by Gasteiger charge is 2.34. The van der Waals surface area contributed by atoms with Gasteiger partial charge in [-0.3, -0.25) is 14.6 Å². The topological polar surface area (TPSA) is 59.0 Å². The van der Waals surface area contributed by atoms with Gasteiger partial charge in [-0.2, -0.15) is 0 Å². The number of ketones is 1. The minimum absolute atomic E-state index is 0.00983. The van der Waals surface area contributed by atoms with E-state index in [0.29, 0.717) is 30.9 Å². The summed E-state index contributed by atoms with van der Waals surface area (Å²) < 4.78 is 5.42. The molecule has 1 fully saturated rings. The number of ether oxygens (including phenoxy) is 1. The molecule has 2 aliphatic heterocycles. The maximum atomic E-state index is 12.5. The number of morpholine rings is 1. The third kappa shape index (κ3) is 2.25. The Kier molecular flexibility index (Phi) is 3.36. The molecule has 1 saturated heterocycles. The summed E-state index contributed by atoms with van der Waals surface area (Å²) in [4.78, 5) is 30.8. The van der Waals surface area contributed by atoms with E-state index in [1.54, 1.807) is 23.1 Å². The third-order valence-electron chi connectivity index (χ3n) is 3.63. The maximum absolute atomic E-state index is 12.5. The Morgan fingerprint density at radius 3 is 3.00 bits per heavy atom. The molecule has 20 heavy (non-hydrogen) atoms. The number of hydrogen-bond donors (Lipinski definition) is 0. The molecule has 0 aromatic heterocycles. The molecule has 5 nitrogen and oxygen atoms in total. The highest BCUT2D eigenvalue weighted by atomic mass is 16.5. The van der Waals surface area contributed by atoms with Crippen LogP contribution in [0.3, 0.4) is 0 Å². The number of carbonyl (C=O) groups excluding carboxylic acids is 2. The van der Waals surface area contributed by atoms with E-state index in [2.05, 4.69) is 4.99 Å². The van der Waals surface area contributed by atoms with E-state index in [1.807, 2.05) is 13.0 Å². The van der Waals surface area contributed by atoms with Crippen molar-refractivity contribution in [1.29, 1.82) is 0 Å². The average Bonchev–Trinajstić information content (AvgIpc) is 2.47. The van der Waals surface area contributed by atoms with Gasteiger partial charge in [-0.1, -0.05) is 12.1 Å². The maximum Gasteiger partial charge on any atom is 0.239 e. The molecule has 0 spiro atoms. The minimum atomic E-state index is -0.796. The second kappa shape index (κ2) is 5.17. The zero-order chi connectivity index (χ0) is 14.1. The van der Waals surface area contributed by atoms with Gasteiger partial charge in [0.05, 0.1) is 18.4 Å². The van der Waals surface area contributed by atoms with Crippen molar-refractivity contribution >= 4 is 23.6 Å². The third-order valence-corrected chi connectivity index (χ3v) is 3.63. The molecule has 2 atom stereocenters. The Bertz CT molecular complexity index is 582. The molecule has 2 unspecified atom stereocenters. The number of hydrogen-bond acceptors (Lipinski definition) is 4. The first-order chi connectivity index (χ1) is 9.66. The number of amides is 1. The van der Waals surface area contributed by atoms with Gasteiger partial charge in [0.2, 0.25) is 5.91 Å². The SMILES string of the molecule is CC1CN(C(=O)C2C=Nc3ccccc3C2=O)CCO1. The summed E-state index contributed by atoms with van der Waals surface area (Å²) in [5.74, 6) is -1.14. The monoisotopic (exact) mass is 272 g/mol. The number of benzene rings is 1. The molecular weight excluding hydrogens is 256 g/mol. The number of aliphatic imine (C=N–C) groups is 1. The second-order valence-electron chi connectivity index (χ2n) is 5.10. The zero-order valence-electron chi connectivity index (χ0n) is 11.3. The molecule has 0 N–H and O–H groups in total. The molecule has 2 aliphatic rings. The van der Waals surface area contributed by atoms with Crippen molar-refractivity contribution in [2.24, 2.45) is 10.9 Å². The number of nitrogens with zero attached hydrogens (tertiary/aromatic N) is 2. The van der Waals surface area contributed by atoms with Crippen LogP contribution in [0.25, 0.3) is 0 Å². The fourth-order valence-electron chi connectivity index (χ4n) is 2.58. The molecule has 5 heteroatoms. The van der Waals surface area contributed by atoms with Crippen molar-refractivity contribution in [3.8, 4) is 0 Å². The lowest BCUT2D eigenvalue weighted by Gasteiger charge is -2.33. The van der Waals surface area contributed by atoms with E-state index in [0.717, 1.165) is 0 Å². The Morgan fingerprint density at radius 1 is 1.40 bits per heavy atom. The van der Waals surface area contributed by atoms with Gasteiger partial charge in [0.15, 0.2) is 5.78 Å². The van der Waals surface area contributed by atoms with Crippen molar-refractivity contribution in [2.75, 3.05) is 19.7 Å². The van der Waals surface area contributed by atoms with E-state index in [9.17, 15) is 9.59 Å². The van der Waals surface area contributed by atoms with Gasteiger partial charge in [0.25, 0.3) is 0 Å². The van der Waals surface area contributed by atoms with Crippen LogP contribution in [0.1, 0.15) is 17.3 Å². The lowest BCUT2D eigenvalue weighted by Crippen LogP contribution is -2.49. The molecule has 3 rings (SSSR count). The Labute approximate surface area is 117 Å². The van der Waals surface area contributed by atoms with Crippen LogP contribution >= 0.6 is 0 Å². The van der Waals surface area contributed by atoms with Gasteiger partial charge in [0.1, 0.15) is 5.92 Å². The predicted molar refractivity (Wildman–Crippen MR) is 74.4 cm³/mol. The molecule has 1 aromatic rings. The van der Waals surface area contributed by atoms with E-state index >= 15 is 0 Å². The second-order valence-corrected chi connectivity index (χ2v) is 5.10. The van der Waals surface area contributed by atoms with Crippen LogP contribution in [0.15, 0.2) is 29.3 Å². The normalized spacial score (nSPS) is 25.4. The molecule has 0 aliphatic carbocycles. The summed E-state index contributed by atoms with van der Waals surface area (Å²) in [5, 5.41) is 0. The molecular formula is C15H16N2O3. The standard InChI is InChI=1S/C15H16N2O3/c1-10-9-17(6-7-20-10)15(19)12-8-16-13-5-3-2-4-11(13)14(12)18/h2-5,8,10,12H,6-7,9H2,1H3. The van der Waals surface area contributed by atoms with Gasteiger partial charge in [-0.05, 0) is 19.1 Å². The van der Waals surface area contributed by atoms with Gasteiger partial charge in [-0.25, -0.2) is 0 Å². The van der Waals surface area contributed by atoms with Gasteiger partial charge in [-0.15, -0.1) is 0 Å². The number of para-hydroxylation sites is 1. The smallest absolute Gasteiger partial charge is 0.239 e. The summed E-state index contributed by atoms with van der Waals surface area (Å²) in [5.41, 5.74) is 1.16. The van der Waals surface area contributed by atoms with Gasteiger partial charge < -0.3 is 9.64 Å². The summed E-state index contributed by atoms with van der Waals surface area (Å²) in [6.07, 6.45) is 1.48. The molecule has 1 aromatic carbocycles. The lowest BCUT2D eigenvalue weighted by atomic mass is 9.93. The average molecular weight is 272 g/mol. The molecule has 104 valence electrons. The molecule has 0 radical (unpaired) electrons. The Morgan fingerprint density at radius 2 is 2.20 bits per heavy atom. The highest BCUT2D eigenvalue weighted by Crippen LogP contribution is 2.26. The van der Waals surface area contributed by atoms with Crippen LogP contribution in [-0.4, -0.2) is 48.6 Å². The minimum Gasteiger partial charge on any atom is -0.375 e. The van der Waals surface area contributed by atoms with Gasteiger partial charge >= 0.3 is 0 Å². The van der Waals surface area contributed by atoms with Crippen LogP contribution in [-0.2, 0) is 9.53 Å². The van der Waals surface area contributed by atoms with Crippen LogP contribution in [0.4, 0.5) is 5.69 Å². The van der Waals surface area contributed by atoms with E-state index < -0.39 is 5.92 Å². The zero-order valence-corrected chi connectivity index (χ0v) is 11.3. The van der Waals surface area contributed by atoms with Crippen LogP contribution in [0, 0.1) is 5.92 Å². The van der Waals surface area contributed by atoms with Gasteiger partial charge in [0, 0.05) is 24.9 Å². The van der Waals surface area contributed by atoms with Crippen LogP contribution in [0.2, 0.25) is 0 Å². The largest absolute Gasteiger partial charge is 0.375 e. The fraction of sp³-hybridized carbons (Fsp3) is 0.400. The van der Waals surface area contributed by atoms with Crippen LogP contribution < -0.4 is 0 Å². The first-order valence-corrected chi connectivity index (χ1v) is 6.74. The number of Topliss-reactive ketones (excluding diaryl/α,β-unsaturated/α-hetero) is 1.